The van der Waals surface area contributed by atoms with Crippen molar-refractivity contribution in [3.63, 3.8) is 0 Å². The molecule has 24 heavy (non-hydrogen) atoms. The van der Waals surface area contributed by atoms with Crippen LogP contribution in [0.5, 0.6) is 0 Å². The minimum atomic E-state index is -0.114. The Labute approximate surface area is 141 Å². The number of carbonyl (C=O) groups excluding carboxylic acids is 1. The maximum atomic E-state index is 12.5. The van der Waals surface area contributed by atoms with E-state index >= 15 is 0 Å². The molecule has 1 fully saturated rings. The maximum absolute atomic E-state index is 12.5. The lowest BCUT2D eigenvalue weighted by molar-refractivity contribution is -0.122. The Balaban J connectivity index is 1.71. The third kappa shape index (κ3) is 3.33. The second-order valence-electron chi connectivity index (χ2n) is 6.60. The van der Waals surface area contributed by atoms with Gasteiger partial charge in [0.05, 0.1) is 12.3 Å². The second-order valence-corrected chi connectivity index (χ2v) is 6.60. The van der Waals surface area contributed by atoms with Gasteiger partial charge in [0.15, 0.2) is 0 Å². The van der Waals surface area contributed by atoms with Crippen LogP contribution in [0.1, 0.15) is 38.3 Å². The predicted molar refractivity (Wildman–Crippen MR) is 92.1 cm³/mol. The third-order valence-electron chi connectivity index (χ3n) is 4.97. The number of anilines is 1. The molecule has 6 heteroatoms. The van der Waals surface area contributed by atoms with E-state index in [1.807, 2.05) is 24.3 Å². The number of hydrogen-bond acceptors (Lipinski definition) is 4. The number of nitrogens with one attached hydrogen (secondary N) is 1. The van der Waals surface area contributed by atoms with Crippen LogP contribution >= 0.6 is 0 Å². The van der Waals surface area contributed by atoms with Gasteiger partial charge in [-0.15, -0.1) is 5.10 Å². The molecule has 1 aromatic carbocycles. The number of aliphatic hydroxyl groups is 1. The van der Waals surface area contributed by atoms with Gasteiger partial charge in [-0.3, -0.25) is 4.79 Å². The van der Waals surface area contributed by atoms with Gasteiger partial charge in [0.2, 0.25) is 5.91 Å². The summed E-state index contributed by atoms with van der Waals surface area (Å²) in [4.78, 5) is 12.5. The van der Waals surface area contributed by atoms with Crippen LogP contribution in [0, 0.1) is 11.8 Å². The van der Waals surface area contributed by atoms with Crippen LogP contribution in [-0.2, 0) is 18.4 Å². The molecule has 1 aliphatic rings. The highest BCUT2D eigenvalue weighted by Crippen LogP contribution is 2.31. The van der Waals surface area contributed by atoms with E-state index in [1.54, 1.807) is 11.7 Å². The number of aromatic nitrogens is 3. The fourth-order valence-electron chi connectivity index (χ4n) is 3.43. The first kappa shape index (κ1) is 16.6. The zero-order valence-corrected chi connectivity index (χ0v) is 14.2. The Morgan fingerprint density at radius 2 is 2.00 bits per heavy atom. The first-order chi connectivity index (χ1) is 11.6. The summed E-state index contributed by atoms with van der Waals surface area (Å²) in [6.45, 7) is 2.05. The summed E-state index contributed by atoms with van der Waals surface area (Å²) in [5, 5.41) is 20.5. The van der Waals surface area contributed by atoms with E-state index < -0.39 is 0 Å². The lowest BCUT2D eigenvalue weighted by Gasteiger charge is -2.27. The summed E-state index contributed by atoms with van der Waals surface area (Å²) in [7, 11) is 1.75. The van der Waals surface area contributed by atoms with Crippen LogP contribution in [0.3, 0.4) is 0 Å². The molecule has 1 aromatic heterocycles. The molecular weight excluding hydrogens is 304 g/mol. The lowest BCUT2D eigenvalue weighted by atomic mass is 9.80. The number of aryl methyl sites for hydroxylation is 1. The average Bonchev–Trinajstić information content (AvgIpc) is 2.96. The van der Waals surface area contributed by atoms with Crippen molar-refractivity contribution in [3.05, 3.63) is 30.0 Å². The van der Waals surface area contributed by atoms with Gasteiger partial charge in [-0.25, -0.2) is 4.68 Å². The topological polar surface area (TPSA) is 80.0 Å². The van der Waals surface area contributed by atoms with Gasteiger partial charge in [0.1, 0.15) is 5.69 Å². The molecule has 6 nitrogen and oxygen atoms in total. The van der Waals surface area contributed by atoms with Crippen LogP contribution in [0.15, 0.2) is 24.3 Å². The number of benzene rings is 1. The van der Waals surface area contributed by atoms with Crippen LogP contribution in [0.4, 0.5) is 5.69 Å². The largest absolute Gasteiger partial charge is 0.390 e. The standard InChI is InChI=1S/C18H24N4O2/c1-12-5-3-4-6-15(12)18(24)19-14-9-7-13(8-10-14)17-16(11-23)22(2)21-20-17/h7-10,12,15,23H,3-6,11H2,1-2H3,(H,19,24)/t12-,15-/m0/s1. The van der Waals surface area contributed by atoms with E-state index in [9.17, 15) is 9.90 Å². The minimum Gasteiger partial charge on any atom is -0.390 e. The fraction of sp³-hybridized carbons (Fsp3) is 0.500. The first-order valence-corrected chi connectivity index (χ1v) is 8.51. The highest BCUT2D eigenvalue weighted by atomic mass is 16.3. The van der Waals surface area contributed by atoms with E-state index in [2.05, 4.69) is 22.6 Å². The molecule has 2 N–H and O–H groups in total. The second kappa shape index (κ2) is 7.13. The summed E-state index contributed by atoms with van der Waals surface area (Å²) in [6.07, 6.45) is 4.47. The molecule has 128 valence electrons. The molecule has 1 heterocycles. The normalized spacial score (nSPS) is 20.8. The highest BCUT2D eigenvalue weighted by molar-refractivity contribution is 5.93. The first-order valence-electron chi connectivity index (χ1n) is 8.51. The van der Waals surface area contributed by atoms with Gasteiger partial charge in [0, 0.05) is 24.2 Å². The Hall–Kier alpha value is -2.21. The van der Waals surface area contributed by atoms with E-state index in [0.29, 0.717) is 17.3 Å². The lowest BCUT2D eigenvalue weighted by Crippen LogP contribution is -2.30. The minimum absolute atomic E-state index is 0.111. The molecule has 1 saturated carbocycles. The number of aliphatic hydroxyl groups excluding tert-OH is 1. The quantitative estimate of drug-likeness (QED) is 0.904. The zero-order chi connectivity index (χ0) is 17.1. The summed E-state index contributed by atoms with van der Waals surface area (Å²) < 4.78 is 1.56. The number of carbonyl (C=O) groups is 1. The Morgan fingerprint density at radius 1 is 1.29 bits per heavy atom. The third-order valence-corrected chi connectivity index (χ3v) is 4.97. The molecule has 3 rings (SSSR count). The molecule has 0 aliphatic heterocycles. The smallest absolute Gasteiger partial charge is 0.227 e. The van der Waals surface area contributed by atoms with Crippen LogP contribution in [-0.4, -0.2) is 26.0 Å². The molecule has 1 aliphatic carbocycles. The van der Waals surface area contributed by atoms with Gasteiger partial charge >= 0.3 is 0 Å². The Morgan fingerprint density at radius 3 is 2.67 bits per heavy atom. The van der Waals surface area contributed by atoms with Crippen molar-refractivity contribution in [2.45, 2.75) is 39.2 Å². The van der Waals surface area contributed by atoms with E-state index in [4.69, 9.17) is 0 Å². The van der Waals surface area contributed by atoms with Crippen molar-refractivity contribution < 1.29 is 9.90 Å². The molecular formula is C18H24N4O2. The van der Waals surface area contributed by atoms with Crippen molar-refractivity contribution in [2.24, 2.45) is 18.9 Å². The van der Waals surface area contributed by atoms with E-state index in [-0.39, 0.29) is 18.4 Å². The van der Waals surface area contributed by atoms with Crippen molar-refractivity contribution in [1.82, 2.24) is 15.0 Å². The molecule has 0 radical (unpaired) electrons. The average molecular weight is 328 g/mol. The van der Waals surface area contributed by atoms with Crippen molar-refractivity contribution in [1.29, 1.82) is 0 Å². The number of rotatable bonds is 4. The molecule has 0 spiro atoms. The highest BCUT2D eigenvalue weighted by Gasteiger charge is 2.27. The van der Waals surface area contributed by atoms with Gasteiger partial charge in [-0.05, 0) is 30.9 Å². The number of amides is 1. The molecule has 0 bridgehead atoms. The fourth-order valence-corrected chi connectivity index (χ4v) is 3.43. The van der Waals surface area contributed by atoms with E-state index in [1.165, 1.54) is 6.42 Å². The zero-order valence-electron chi connectivity index (χ0n) is 14.2. The summed E-state index contributed by atoms with van der Waals surface area (Å²) >= 11 is 0. The van der Waals surface area contributed by atoms with Crippen molar-refractivity contribution in [3.8, 4) is 11.3 Å². The Bertz CT molecular complexity index is 708. The predicted octanol–water partition coefficient (Wildman–Crippen LogP) is 2.74. The van der Waals surface area contributed by atoms with Crippen LogP contribution in [0.2, 0.25) is 0 Å². The summed E-state index contributed by atoms with van der Waals surface area (Å²) in [5.41, 5.74) is 2.99. The van der Waals surface area contributed by atoms with Gasteiger partial charge < -0.3 is 10.4 Å². The Kier molecular flexibility index (Phi) is 4.94. The number of nitrogens with zero attached hydrogens (tertiary/aromatic N) is 3. The van der Waals surface area contributed by atoms with Gasteiger partial charge in [-0.2, -0.15) is 0 Å². The summed E-state index contributed by atoms with van der Waals surface area (Å²) in [6, 6.07) is 7.53. The SMILES string of the molecule is C[C@H]1CCCC[C@@H]1C(=O)Nc1ccc(-c2nnn(C)c2CO)cc1. The van der Waals surface area contributed by atoms with E-state index in [0.717, 1.165) is 30.5 Å². The van der Waals surface area contributed by atoms with Gasteiger partial charge in [0.25, 0.3) is 0 Å². The van der Waals surface area contributed by atoms with Crippen molar-refractivity contribution >= 4 is 11.6 Å². The molecule has 2 aromatic rings. The van der Waals surface area contributed by atoms with Crippen LogP contribution in [0.25, 0.3) is 11.3 Å². The van der Waals surface area contributed by atoms with Crippen LogP contribution < -0.4 is 5.32 Å². The molecule has 0 saturated heterocycles. The van der Waals surface area contributed by atoms with Gasteiger partial charge in [-0.1, -0.05) is 37.1 Å². The number of hydrogen-bond donors (Lipinski definition) is 2. The molecule has 1 amide bonds. The van der Waals surface area contributed by atoms with Crippen molar-refractivity contribution in [2.75, 3.05) is 5.32 Å². The molecule has 0 unspecified atom stereocenters. The maximum Gasteiger partial charge on any atom is 0.227 e. The monoisotopic (exact) mass is 328 g/mol. The summed E-state index contributed by atoms with van der Waals surface area (Å²) in [5.74, 6) is 0.676. The molecule has 2 atom stereocenters.